The highest BCUT2D eigenvalue weighted by molar-refractivity contribution is 5.69. The van der Waals surface area contributed by atoms with Crippen molar-refractivity contribution in [2.75, 3.05) is 6.61 Å². The third-order valence-electron chi connectivity index (χ3n) is 4.49. The van der Waals surface area contributed by atoms with Gasteiger partial charge < -0.3 is 24.9 Å². The van der Waals surface area contributed by atoms with E-state index in [0.29, 0.717) is 19.4 Å². The van der Waals surface area contributed by atoms with Gasteiger partial charge in [0.25, 0.3) is 11.8 Å². The van der Waals surface area contributed by atoms with Gasteiger partial charge in [0.15, 0.2) is 11.2 Å². The molecule has 1 saturated heterocycles. The van der Waals surface area contributed by atoms with E-state index in [1.807, 2.05) is 13.8 Å². The van der Waals surface area contributed by atoms with E-state index in [-0.39, 0.29) is 17.7 Å². The van der Waals surface area contributed by atoms with Crippen LogP contribution in [-0.2, 0) is 17.8 Å². The molecule has 0 saturated carbocycles. The molecule has 3 rings (SSSR count). The summed E-state index contributed by atoms with van der Waals surface area (Å²) < 4.78 is 8.84. The Balaban J connectivity index is 2.08. The van der Waals surface area contributed by atoms with Gasteiger partial charge in [0.2, 0.25) is 0 Å². The van der Waals surface area contributed by atoms with Gasteiger partial charge in [-0.25, -0.2) is 9.78 Å². The molecule has 11 heteroatoms. The predicted molar refractivity (Wildman–Crippen MR) is 93.2 cm³/mol. The van der Waals surface area contributed by atoms with Gasteiger partial charge in [-0.05, 0) is 12.8 Å². The molecule has 0 aliphatic carbocycles. The topological polar surface area (TPSA) is 141 Å². The summed E-state index contributed by atoms with van der Waals surface area (Å²) in [7, 11) is 0. The number of imidazole rings is 1. The molecule has 0 spiro atoms. The van der Waals surface area contributed by atoms with E-state index in [1.54, 1.807) is 0 Å². The number of rotatable bonds is 7. The molecule has 0 amide bonds. The molecule has 4 atom stereocenters. The van der Waals surface area contributed by atoms with Crippen LogP contribution in [0.25, 0.3) is 11.2 Å². The summed E-state index contributed by atoms with van der Waals surface area (Å²) in [5.74, 6) is 0. The lowest BCUT2D eigenvalue weighted by atomic mass is 10.1. The van der Waals surface area contributed by atoms with Crippen LogP contribution in [0, 0.1) is 0 Å². The van der Waals surface area contributed by atoms with Crippen LogP contribution in [-0.4, -0.2) is 65.4 Å². The first kappa shape index (κ1) is 19.5. The van der Waals surface area contributed by atoms with Crippen LogP contribution in [0.15, 0.2) is 15.9 Å². The lowest BCUT2D eigenvalue weighted by Gasteiger charge is -2.17. The van der Waals surface area contributed by atoms with Crippen LogP contribution < -0.4 is 16.1 Å². The Morgan fingerprint density at radius 3 is 2.41 bits per heavy atom. The fourth-order valence-electron chi connectivity index (χ4n) is 3.15. The molecule has 27 heavy (non-hydrogen) atoms. The molecule has 150 valence electrons. The standard InChI is InChI=1S/C16H24N4O7/c1-3-5-18-13-10(14(24)19(6-4-2)16(18)25)20(8-17-13)27-15-12(23)11(22)9(7-21)26-15/h8-9,11-12,15,21-23H,3-7H2,1-2H3/t9-,11-,12-,15?/m1/s1. The quantitative estimate of drug-likeness (QED) is 0.500. The molecule has 3 heterocycles. The zero-order valence-electron chi connectivity index (χ0n) is 15.2. The van der Waals surface area contributed by atoms with Gasteiger partial charge in [-0.2, -0.15) is 4.73 Å². The molecule has 3 N–H and O–H groups in total. The average molecular weight is 384 g/mol. The number of aliphatic hydroxyl groups is 3. The van der Waals surface area contributed by atoms with Crippen LogP contribution in [0.3, 0.4) is 0 Å². The number of aryl methyl sites for hydroxylation is 1. The second-order valence-electron chi connectivity index (χ2n) is 6.45. The Morgan fingerprint density at radius 2 is 1.81 bits per heavy atom. The van der Waals surface area contributed by atoms with E-state index in [4.69, 9.17) is 9.57 Å². The van der Waals surface area contributed by atoms with E-state index in [0.717, 1.165) is 9.30 Å². The van der Waals surface area contributed by atoms with E-state index in [1.165, 1.54) is 10.9 Å². The molecule has 2 aromatic heterocycles. The molecule has 1 unspecified atom stereocenters. The highest BCUT2D eigenvalue weighted by Crippen LogP contribution is 2.21. The normalized spacial score (nSPS) is 25.4. The van der Waals surface area contributed by atoms with Crippen molar-refractivity contribution in [3.8, 4) is 0 Å². The summed E-state index contributed by atoms with van der Waals surface area (Å²) in [4.78, 5) is 35.1. The minimum absolute atomic E-state index is 0.0363. The van der Waals surface area contributed by atoms with E-state index < -0.39 is 42.5 Å². The number of fused-ring (bicyclic) bond motifs is 1. The maximum Gasteiger partial charge on any atom is 0.332 e. The predicted octanol–water partition coefficient (Wildman–Crippen LogP) is -1.95. The molecule has 0 radical (unpaired) electrons. The smallest absolute Gasteiger partial charge is 0.332 e. The second-order valence-corrected chi connectivity index (χ2v) is 6.45. The third kappa shape index (κ3) is 3.27. The molecule has 0 bridgehead atoms. The summed E-state index contributed by atoms with van der Waals surface area (Å²) >= 11 is 0. The van der Waals surface area contributed by atoms with Crippen molar-refractivity contribution >= 4 is 11.2 Å². The third-order valence-corrected chi connectivity index (χ3v) is 4.49. The summed E-state index contributed by atoms with van der Waals surface area (Å²) in [6.45, 7) is 3.88. The molecular weight excluding hydrogens is 360 g/mol. The van der Waals surface area contributed by atoms with Crippen LogP contribution >= 0.6 is 0 Å². The van der Waals surface area contributed by atoms with Crippen molar-refractivity contribution in [1.29, 1.82) is 0 Å². The number of aliphatic hydroxyl groups excluding tert-OH is 3. The zero-order chi connectivity index (χ0) is 19.7. The average Bonchev–Trinajstić information content (AvgIpc) is 3.19. The molecule has 1 aliphatic rings. The number of hydrogen-bond acceptors (Lipinski definition) is 8. The Labute approximate surface area is 154 Å². The molecule has 0 aromatic carbocycles. The van der Waals surface area contributed by atoms with Crippen molar-refractivity contribution in [2.24, 2.45) is 0 Å². The Kier molecular flexibility index (Phi) is 5.65. The lowest BCUT2D eigenvalue weighted by Crippen LogP contribution is -2.42. The lowest BCUT2D eigenvalue weighted by molar-refractivity contribution is -0.168. The highest BCUT2D eigenvalue weighted by Gasteiger charge is 2.44. The van der Waals surface area contributed by atoms with Crippen molar-refractivity contribution in [3.05, 3.63) is 27.2 Å². The highest BCUT2D eigenvalue weighted by atomic mass is 16.8. The van der Waals surface area contributed by atoms with Crippen molar-refractivity contribution in [1.82, 2.24) is 18.8 Å². The SMILES string of the molecule is CCCn1c(=O)c2c(ncn2OC2O[C@H](CO)[C@@H](O)[C@H]2O)n(CCC)c1=O. The molecule has 1 aliphatic heterocycles. The largest absolute Gasteiger partial charge is 0.394 e. The molecular formula is C16H24N4O7. The fraction of sp³-hybridized carbons (Fsp3) is 0.688. The van der Waals surface area contributed by atoms with Crippen LogP contribution in [0.4, 0.5) is 0 Å². The first-order chi connectivity index (χ1) is 12.9. The Bertz CT molecular complexity index is 918. The summed E-state index contributed by atoms with van der Waals surface area (Å²) in [5.41, 5.74) is -0.789. The second kappa shape index (κ2) is 7.80. The van der Waals surface area contributed by atoms with Crippen molar-refractivity contribution in [3.63, 3.8) is 0 Å². The summed E-state index contributed by atoms with van der Waals surface area (Å²) in [5, 5.41) is 29.0. The van der Waals surface area contributed by atoms with Gasteiger partial charge in [0.1, 0.15) is 24.6 Å². The van der Waals surface area contributed by atoms with Crippen LogP contribution in [0.2, 0.25) is 0 Å². The zero-order valence-corrected chi connectivity index (χ0v) is 15.2. The first-order valence-electron chi connectivity index (χ1n) is 8.94. The Hall–Kier alpha value is -2.21. The van der Waals surface area contributed by atoms with Gasteiger partial charge >= 0.3 is 5.69 Å². The van der Waals surface area contributed by atoms with Gasteiger partial charge in [-0.3, -0.25) is 13.9 Å². The van der Waals surface area contributed by atoms with Crippen molar-refractivity contribution in [2.45, 2.75) is 64.4 Å². The van der Waals surface area contributed by atoms with E-state index in [9.17, 15) is 24.9 Å². The fourth-order valence-corrected chi connectivity index (χ4v) is 3.15. The Morgan fingerprint density at radius 1 is 1.15 bits per heavy atom. The van der Waals surface area contributed by atoms with Gasteiger partial charge in [0, 0.05) is 13.1 Å². The summed E-state index contributed by atoms with van der Waals surface area (Å²) in [6.07, 6.45) is -2.58. The summed E-state index contributed by atoms with van der Waals surface area (Å²) in [6, 6.07) is 0. The molecule has 2 aromatic rings. The maximum atomic E-state index is 12.8. The number of nitrogens with zero attached hydrogens (tertiary/aromatic N) is 4. The van der Waals surface area contributed by atoms with Crippen LogP contribution in [0.5, 0.6) is 0 Å². The van der Waals surface area contributed by atoms with Crippen molar-refractivity contribution < 1.29 is 24.9 Å². The maximum absolute atomic E-state index is 12.8. The van der Waals surface area contributed by atoms with E-state index >= 15 is 0 Å². The number of aromatic nitrogens is 4. The van der Waals surface area contributed by atoms with Gasteiger partial charge in [0.05, 0.1) is 6.61 Å². The van der Waals surface area contributed by atoms with Crippen LogP contribution in [0.1, 0.15) is 26.7 Å². The molecule has 11 nitrogen and oxygen atoms in total. The minimum Gasteiger partial charge on any atom is -0.394 e. The number of hydrogen-bond donors (Lipinski definition) is 3. The minimum atomic E-state index is -1.42. The van der Waals surface area contributed by atoms with E-state index in [2.05, 4.69) is 4.98 Å². The monoisotopic (exact) mass is 384 g/mol. The molecule has 1 fully saturated rings. The number of ether oxygens (including phenoxy) is 1. The van der Waals surface area contributed by atoms with Gasteiger partial charge in [-0.15, -0.1) is 0 Å². The first-order valence-corrected chi connectivity index (χ1v) is 8.94. The van der Waals surface area contributed by atoms with Gasteiger partial charge in [-0.1, -0.05) is 13.8 Å².